The highest BCUT2D eigenvalue weighted by Crippen LogP contribution is 2.28. The van der Waals surface area contributed by atoms with Crippen LogP contribution >= 0.6 is 15.9 Å². The molecule has 4 heteroatoms. The largest absolute Gasteiger partial charge is 0.380 e. The van der Waals surface area contributed by atoms with Gasteiger partial charge in [-0.1, -0.05) is 28.1 Å². The first-order chi connectivity index (χ1) is 10.2. The van der Waals surface area contributed by atoms with Crippen molar-refractivity contribution in [2.24, 2.45) is 5.92 Å². The molecule has 0 bridgehead atoms. The molecule has 0 amide bonds. The second-order valence-electron chi connectivity index (χ2n) is 6.01. The minimum atomic E-state index is 0.400. The van der Waals surface area contributed by atoms with Gasteiger partial charge < -0.3 is 15.0 Å². The van der Waals surface area contributed by atoms with Crippen LogP contribution in [-0.2, 0) is 4.74 Å². The van der Waals surface area contributed by atoms with Gasteiger partial charge in [0.05, 0.1) is 6.61 Å². The summed E-state index contributed by atoms with van der Waals surface area (Å²) in [5, 5.41) is 3.41. The van der Waals surface area contributed by atoms with Gasteiger partial charge in [-0.05, 0) is 63.5 Å². The van der Waals surface area contributed by atoms with Gasteiger partial charge in [-0.15, -0.1) is 0 Å². The highest BCUT2D eigenvalue weighted by molar-refractivity contribution is 9.10. The topological polar surface area (TPSA) is 24.5 Å². The number of rotatable bonds is 10. The zero-order valence-corrected chi connectivity index (χ0v) is 14.7. The van der Waals surface area contributed by atoms with Crippen molar-refractivity contribution in [2.45, 2.75) is 25.3 Å². The van der Waals surface area contributed by atoms with Crippen LogP contribution in [0.3, 0.4) is 0 Å². The van der Waals surface area contributed by atoms with Crippen LogP contribution < -0.4 is 5.32 Å². The maximum atomic E-state index is 5.70. The molecule has 1 aromatic rings. The summed E-state index contributed by atoms with van der Waals surface area (Å²) < 4.78 is 6.84. The predicted molar refractivity (Wildman–Crippen MR) is 91.6 cm³/mol. The Kier molecular flexibility index (Phi) is 7.17. The second-order valence-corrected chi connectivity index (χ2v) is 6.92. The number of hydrogen-bond donors (Lipinski definition) is 1. The highest BCUT2D eigenvalue weighted by Gasteiger charge is 2.21. The molecule has 1 aromatic carbocycles. The van der Waals surface area contributed by atoms with Gasteiger partial charge in [0.15, 0.2) is 0 Å². The van der Waals surface area contributed by atoms with Gasteiger partial charge in [0.1, 0.15) is 0 Å². The summed E-state index contributed by atoms with van der Waals surface area (Å²) in [5.41, 5.74) is 1.34. The number of nitrogens with zero attached hydrogens (tertiary/aromatic N) is 1. The zero-order valence-electron chi connectivity index (χ0n) is 13.1. The van der Waals surface area contributed by atoms with E-state index in [1.54, 1.807) is 0 Å². The van der Waals surface area contributed by atoms with Gasteiger partial charge in [0.25, 0.3) is 0 Å². The normalized spacial score (nSPS) is 16.4. The van der Waals surface area contributed by atoms with Crippen molar-refractivity contribution in [3.63, 3.8) is 0 Å². The van der Waals surface area contributed by atoms with E-state index < -0.39 is 0 Å². The molecule has 1 aliphatic carbocycles. The van der Waals surface area contributed by atoms with E-state index in [9.17, 15) is 0 Å². The lowest BCUT2D eigenvalue weighted by Gasteiger charge is -2.22. The van der Waals surface area contributed by atoms with E-state index >= 15 is 0 Å². The smallest absolute Gasteiger partial charge is 0.0593 e. The molecule has 1 atom stereocenters. The van der Waals surface area contributed by atoms with E-state index in [1.165, 1.54) is 18.4 Å². The summed E-state index contributed by atoms with van der Waals surface area (Å²) in [4.78, 5) is 2.36. The number of hydrogen-bond acceptors (Lipinski definition) is 3. The Labute approximate surface area is 137 Å². The maximum Gasteiger partial charge on any atom is 0.0593 e. The van der Waals surface area contributed by atoms with Gasteiger partial charge >= 0.3 is 0 Å². The summed E-state index contributed by atoms with van der Waals surface area (Å²) in [6.45, 7) is 3.91. The first-order valence-electron chi connectivity index (χ1n) is 7.88. The Balaban J connectivity index is 1.66. The Morgan fingerprint density at radius 1 is 1.38 bits per heavy atom. The molecular formula is C17H27BrN2O. The molecule has 21 heavy (non-hydrogen) atoms. The first kappa shape index (κ1) is 16.9. The molecule has 118 valence electrons. The molecule has 0 radical (unpaired) electrons. The van der Waals surface area contributed by atoms with E-state index in [-0.39, 0.29) is 0 Å². The SMILES string of the molecule is CNC(CCN(C)CCOCC1CC1)c1cccc(Br)c1. The standard InChI is InChI=1S/C17H27BrN2O/c1-19-17(15-4-3-5-16(18)12-15)8-9-20(2)10-11-21-13-14-6-7-14/h3-5,12,14,17,19H,6-11,13H2,1-2H3. The lowest BCUT2D eigenvalue weighted by atomic mass is 10.0. The molecule has 2 rings (SSSR count). The Morgan fingerprint density at radius 3 is 2.86 bits per heavy atom. The first-order valence-corrected chi connectivity index (χ1v) is 8.67. The number of halogens is 1. The molecule has 1 unspecified atom stereocenters. The molecule has 1 aliphatic rings. The van der Waals surface area contributed by atoms with Gasteiger partial charge in [0.2, 0.25) is 0 Å². The van der Waals surface area contributed by atoms with Gasteiger partial charge in [-0.2, -0.15) is 0 Å². The number of likely N-dealkylation sites (N-methyl/N-ethyl adjacent to an activating group) is 1. The molecule has 1 N–H and O–H groups in total. The van der Waals surface area contributed by atoms with E-state index in [1.807, 2.05) is 7.05 Å². The fraction of sp³-hybridized carbons (Fsp3) is 0.647. The molecule has 1 fully saturated rings. The Bertz CT molecular complexity index is 423. The number of benzene rings is 1. The summed E-state index contributed by atoms with van der Waals surface area (Å²) in [5.74, 6) is 0.862. The van der Waals surface area contributed by atoms with Crippen LogP contribution in [-0.4, -0.2) is 45.3 Å². The van der Waals surface area contributed by atoms with E-state index in [4.69, 9.17) is 4.74 Å². The summed E-state index contributed by atoms with van der Waals surface area (Å²) >= 11 is 3.54. The van der Waals surface area contributed by atoms with Crippen LogP contribution in [0, 0.1) is 5.92 Å². The summed E-state index contributed by atoms with van der Waals surface area (Å²) in [6.07, 6.45) is 3.84. The quantitative estimate of drug-likeness (QED) is 0.651. The van der Waals surface area contributed by atoms with Crippen LogP contribution in [0.4, 0.5) is 0 Å². The van der Waals surface area contributed by atoms with E-state index in [0.29, 0.717) is 6.04 Å². The van der Waals surface area contributed by atoms with E-state index in [2.05, 4.69) is 57.5 Å². The summed E-state index contributed by atoms with van der Waals surface area (Å²) in [6, 6.07) is 8.95. The molecular weight excluding hydrogens is 328 g/mol. The second kappa shape index (κ2) is 8.89. The fourth-order valence-corrected chi connectivity index (χ4v) is 2.83. The van der Waals surface area contributed by atoms with Crippen molar-refractivity contribution in [1.29, 1.82) is 0 Å². The molecule has 0 aliphatic heterocycles. The van der Waals surface area contributed by atoms with Crippen molar-refractivity contribution in [3.8, 4) is 0 Å². The highest BCUT2D eigenvalue weighted by atomic mass is 79.9. The predicted octanol–water partition coefficient (Wildman–Crippen LogP) is 3.46. The van der Waals surface area contributed by atoms with Crippen molar-refractivity contribution in [3.05, 3.63) is 34.3 Å². The molecule has 3 nitrogen and oxygen atoms in total. The lowest BCUT2D eigenvalue weighted by Crippen LogP contribution is -2.28. The molecule has 0 saturated heterocycles. The monoisotopic (exact) mass is 354 g/mol. The van der Waals surface area contributed by atoms with E-state index in [0.717, 1.165) is 43.1 Å². The maximum absolute atomic E-state index is 5.70. The van der Waals surface area contributed by atoms with Crippen LogP contribution in [0.25, 0.3) is 0 Å². The Morgan fingerprint density at radius 2 is 2.19 bits per heavy atom. The van der Waals surface area contributed by atoms with Crippen LogP contribution in [0.1, 0.15) is 30.9 Å². The molecule has 1 saturated carbocycles. The van der Waals surface area contributed by atoms with Gasteiger partial charge in [-0.25, -0.2) is 0 Å². The van der Waals surface area contributed by atoms with Gasteiger partial charge in [-0.3, -0.25) is 0 Å². The zero-order chi connectivity index (χ0) is 15.1. The molecule has 0 spiro atoms. The minimum absolute atomic E-state index is 0.400. The van der Waals surface area contributed by atoms with Crippen LogP contribution in [0.2, 0.25) is 0 Å². The molecule has 0 heterocycles. The third kappa shape index (κ3) is 6.47. The summed E-state index contributed by atoms with van der Waals surface area (Å²) in [7, 11) is 4.21. The Hall–Kier alpha value is -0.420. The van der Waals surface area contributed by atoms with Crippen LogP contribution in [0.15, 0.2) is 28.7 Å². The third-order valence-corrected chi connectivity index (χ3v) is 4.56. The number of nitrogens with one attached hydrogen (secondary N) is 1. The third-order valence-electron chi connectivity index (χ3n) is 4.07. The number of ether oxygens (including phenoxy) is 1. The average Bonchev–Trinajstić information content (AvgIpc) is 3.28. The molecule has 0 aromatic heterocycles. The average molecular weight is 355 g/mol. The van der Waals surface area contributed by atoms with Crippen molar-refractivity contribution >= 4 is 15.9 Å². The van der Waals surface area contributed by atoms with Crippen molar-refractivity contribution in [1.82, 2.24) is 10.2 Å². The lowest BCUT2D eigenvalue weighted by molar-refractivity contribution is 0.102. The van der Waals surface area contributed by atoms with Gasteiger partial charge in [0, 0.05) is 23.7 Å². The van der Waals surface area contributed by atoms with Crippen LogP contribution in [0.5, 0.6) is 0 Å². The minimum Gasteiger partial charge on any atom is -0.380 e. The van der Waals surface area contributed by atoms with Crippen molar-refractivity contribution in [2.75, 3.05) is 40.4 Å². The van der Waals surface area contributed by atoms with Crippen molar-refractivity contribution < 1.29 is 4.74 Å². The fourth-order valence-electron chi connectivity index (χ4n) is 2.42.